The molecule has 0 bridgehead atoms. The number of anilines is 1. The van der Waals surface area contributed by atoms with Gasteiger partial charge in [-0.05, 0) is 19.0 Å². The van der Waals surface area contributed by atoms with Crippen molar-refractivity contribution < 1.29 is 0 Å². The van der Waals surface area contributed by atoms with Crippen LogP contribution in [-0.4, -0.2) is 36.4 Å². The van der Waals surface area contributed by atoms with E-state index in [-0.39, 0.29) is 0 Å². The van der Waals surface area contributed by atoms with E-state index in [9.17, 15) is 0 Å². The van der Waals surface area contributed by atoms with E-state index >= 15 is 0 Å². The Bertz CT molecular complexity index is 514. The molecule has 0 radical (unpaired) electrons. The van der Waals surface area contributed by atoms with Crippen LogP contribution in [0, 0.1) is 0 Å². The zero-order valence-electron chi connectivity index (χ0n) is 9.95. The van der Waals surface area contributed by atoms with Crippen LogP contribution in [0.4, 0.5) is 5.82 Å². The Labute approximate surface area is 115 Å². The summed E-state index contributed by atoms with van der Waals surface area (Å²) in [5.74, 6) is 1.02. The topological polar surface area (TPSA) is 44.0 Å². The van der Waals surface area contributed by atoms with E-state index in [2.05, 4.69) is 26.5 Å². The second kappa shape index (κ2) is 5.30. The average molecular weight is 283 g/mol. The predicted octanol–water partition coefficient (Wildman–Crippen LogP) is 2.59. The number of nitrogens with zero attached hydrogens (tertiary/aromatic N) is 2. The highest BCUT2D eigenvalue weighted by atomic mass is 35.5. The van der Waals surface area contributed by atoms with Crippen LogP contribution in [0.3, 0.4) is 0 Å². The number of aromatic nitrogens is 2. The van der Waals surface area contributed by atoms with E-state index < -0.39 is 0 Å². The van der Waals surface area contributed by atoms with Gasteiger partial charge in [-0.3, -0.25) is 5.10 Å². The third kappa shape index (κ3) is 2.53. The number of thiophene rings is 1. The van der Waals surface area contributed by atoms with Crippen molar-refractivity contribution in [3.05, 3.63) is 21.8 Å². The molecule has 0 aromatic carbocycles. The van der Waals surface area contributed by atoms with E-state index in [0.29, 0.717) is 0 Å². The summed E-state index contributed by atoms with van der Waals surface area (Å²) < 4.78 is 0.806. The number of H-pyrrole nitrogens is 1. The van der Waals surface area contributed by atoms with Crippen molar-refractivity contribution >= 4 is 28.8 Å². The lowest BCUT2D eigenvalue weighted by Gasteiger charge is -2.18. The quantitative estimate of drug-likeness (QED) is 0.890. The first-order valence-corrected chi connectivity index (χ1v) is 7.34. The van der Waals surface area contributed by atoms with E-state index in [1.54, 1.807) is 11.3 Å². The van der Waals surface area contributed by atoms with Gasteiger partial charge in [-0.1, -0.05) is 11.6 Å². The fraction of sp³-hybridized carbons (Fsp3) is 0.417. The Balaban J connectivity index is 1.80. The molecule has 2 aromatic rings. The maximum Gasteiger partial charge on any atom is 0.151 e. The lowest BCUT2D eigenvalue weighted by Crippen LogP contribution is -2.28. The molecule has 4 nitrogen and oxygen atoms in total. The first-order valence-electron chi connectivity index (χ1n) is 6.08. The lowest BCUT2D eigenvalue weighted by atomic mass is 10.2. The molecule has 1 aliphatic heterocycles. The van der Waals surface area contributed by atoms with Crippen molar-refractivity contribution in [1.82, 2.24) is 15.5 Å². The molecule has 3 heterocycles. The Morgan fingerprint density at radius 2 is 2.22 bits per heavy atom. The minimum Gasteiger partial charge on any atom is -0.354 e. The van der Waals surface area contributed by atoms with E-state index in [1.807, 2.05) is 11.4 Å². The van der Waals surface area contributed by atoms with Gasteiger partial charge in [-0.25, -0.2) is 0 Å². The van der Waals surface area contributed by atoms with Crippen molar-refractivity contribution in [2.45, 2.75) is 6.42 Å². The number of halogens is 1. The SMILES string of the molecule is Clc1cc(-c2cc(N3CCCNCC3)n[nH]2)cs1. The fourth-order valence-corrected chi connectivity index (χ4v) is 3.03. The standard InChI is InChI=1S/C12H15ClN4S/c13-11-6-9(8-18-11)10-7-12(16-15-10)17-4-1-2-14-3-5-17/h6-8,14H,1-5H2,(H,15,16). The Kier molecular flexibility index (Phi) is 3.54. The summed E-state index contributed by atoms with van der Waals surface area (Å²) in [6.45, 7) is 4.18. The summed E-state index contributed by atoms with van der Waals surface area (Å²) in [5.41, 5.74) is 2.14. The molecule has 18 heavy (non-hydrogen) atoms. The second-order valence-electron chi connectivity index (χ2n) is 4.37. The zero-order chi connectivity index (χ0) is 12.4. The van der Waals surface area contributed by atoms with Crippen LogP contribution in [0.2, 0.25) is 4.34 Å². The molecule has 0 saturated carbocycles. The highest BCUT2D eigenvalue weighted by molar-refractivity contribution is 7.14. The van der Waals surface area contributed by atoms with Crippen LogP contribution in [0.15, 0.2) is 17.5 Å². The molecule has 0 unspecified atom stereocenters. The zero-order valence-corrected chi connectivity index (χ0v) is 11.5. The summed E-state index contributed by atoms with van der Waals surface area (Å²) in [6, 6.07) is 4.07. The van der Waals surface area contributed by atoms with Crippen molar-refractivity contribution in [2.75, 3.05) is 31.1 Å². The Morgan fingerprint density at radius 1 is 1.28 bits per heavy atom. The average Bonchev–Trinajstić information content (AvgIpc) is 2.92. The first kappa shape index (κ1) is 12.0. The minimum atomic E-state index is 0.806. The molecule has 0 amide bonds. The fourth-order valence-electron chi connectivity index (χ4n) is 2.15. The first-order chi connectivity index (χ1) is 8.83. The largest absolute Gasteiger partial charge is 0.354 e. The van der Waals surface area contributed by atoms with Crippen LogP contribution in [0.5, 0.6) is 0 Å². The van der Waals surface area contributed by atoms with Gasteiger partial charge in [0.05, 0.1) is 10.0 Å². The van der Waals surface area contributed by atoms with Crippen molar-refractivity contribution in [2.24, 2.45) is 0 Å². The monoisotopic (exact) mass is 282 g/mol. The summed E-state index contributed by atoms with van der Waals surface area (Å²) in [6.07, 6.45) is 1.16. The summed E-state index contributed by atoms with van der Waals surface area (Å²) >= 11 is 7.49. The molecule has 2 N–H and O–H groups in total. The van der Waals surface area contributed by atoms with E-state index in [1.165, 1.54) is 0 Å². The number of hydrogen-bond donors (Lipinski definition) is 2. The lowest BCUT2D eigenvalue weighted by molar-refractivity contribution is 0.724. The van der Waals surface area contributed by atoms with Crippen molar-refractivity contribution in [3.63, 3.8) is 0 Å². The highest BCUT2D eigenvalue weighted by Crippen LogP contribution is 2.29. The van der Waals surface area contributed by atoms with Gasteiger partial charge in [0.1, 0.15) is 0 Å². The summed E-state index contributed by atoms with van der Waals surface area (Å²) in [7, 11) is 0. The van der Waals surface area contributed by atoms with Gasteiger partial charge in [0.2, 0.25) is 0 Å². The van der Waals surface area contributed by atoms with Crippen LogP contribution < -0.4 is 10.2 Å². The normalized spacial score (nSPS) is 16.8. The van der Waals surface area contributed by atoms with Gasteiger partial charge >= 0.3 is 0 Å². The van der Waals surface area contributed by atoms with Gasteiger partial charge in [-0.15, -0.1) is 11.3 Å². The molecular formula is C12H15ClN4S. The third-order valence-electron chi connectivity index (χ3n) is 3.11. The maximum atomic E-state index is 5.95. The molecule has 2 aromatic heterocycles. The van der Waals surface area contributed by atoms with Crippen molar-refractivity contribution in [3.8, 4) is 11.3 Å². The molecule has 0 atom stereocenters. The molecule has 3 rings (SSSR count). The van der Waals surface area contributed by atoms with E-state index in [4.69, 9.17) is 11.6 Å². The van der Waals surface area contributed by atoms with Gasteiger partial charge in [0.15, 0.2) is 5.82 Å². The summed E-state index contributed by atoms with van der Waals surface area (Å²) in [5, 5.41) is 12.9. The van der Waals surface area contributed by atoms with Gasteiger partial charge in [-0.2, -0.15) is 5.10 Å². The maximum absolute atomic E-state index is 5.95. The molecular weight excluding hydrogens is 268 g/mol. The summed E-state index contributed by atoms with van der Waals surface area (Å²) in [4.78, 5) is 2.31. The molecule has 0 spiro atoms. The van der Waals surface area contributed by atoms with E-state index in [0.717, 1.165) is 54.0 Å². The smallest absolute Gasteiger partial charge is 0.151 e. The number of aromatic amines is 1. The molecule has 6 heteroatoms. The minimum absolute atomic E-state index is 0.806. The Hall–Kier alpha value is -1.04. The van der Waals surface area contributed by atoms with Crippen LogP contribution in [-0.2, 0) is 0 Å². The molecule has 0 aliphatic carbocycles. The molecule has 1 saturated heterocycles. The number of nitrogens with one attached hydrogen (secondary N) is 2. The molecule has 1 fully saturated rings. The second-order valence-corrected chi connectivity index (χ2v) is 5.91. The van der Waals surface area contributed by atoms with Crippen LogP contribution in [0.1, 0.15) is 6.42 Å². The van der Waals surface area contributed by atoms with Gasteiger partial charge in [0.25, 0.3) is 0 Å². The number of hydrogen-bond acceptors (Lipinski definition) is 4. The predicted molar refractivity (Wildman–Crippen MR) is 76.6 cm³/mol. The van der Waals surface area contributed by atoms with Crippen molar-refractivity contribution in [1.29, 1.82) is 0 Å². The van der Waals surface area contributed by atoms with Gasteiger partial charge < -0.3 is 10.2 Å². The van der Waals surface area contributed by atoms with Crippen LogP contribution >= 0.6 is 22.9 Å². The highest BCUT2D eigenvalue weighted by Gasteiger charge is 2.13. The van der Waals surface area contributed by atoms with Crippen LogP contribution in [0.25, 0.3) is 11.3 Å². The number of rotatable bonds is 2. The van der Waals surface area contributed by atoms with Gasteiger partial charge in [0, 0.05) is 36.6 Å². The Morgan fingerprint density at radius 3 is 3.06 bits per heavy atom. The third-order valence-corrected chi connectivity index (χ3v) is 4.20. The molecule has 1 aliphatic rings. The molecule has 96 valence electrons.